The van der Waals surface area contributed by atoms with E-state index in [0.717, 1.165) is 4.31 Å². The number of carboxylic acid groups (broad SMARTS) is 1. The third kappa shape index (κ3) is 6.25. The molecule has 4 N–H and O–H groups in total. The van der Waals surface area contributed by atoms with Crippen molar-refractivity contribution in [3.05, 3.63) is 76.3 Å². The third-order valence-electron chi connectivity index (χ3n) is 4.41. The number of hydrogen-bond donors (Lipinski definition) is 5. The molecule has 34 heavy (non-hydrogen) atoms. The maximum atomic E-state index is 12.7. The highest BCUT2D eigenvalue weighted by Crippen LogP contribution is 2.30. The van der Waals surface area contributed by atoms with Gasteiger partial charge >= 0.3 is 18.0 Å². The van der Waals surface area contributed by atoms with Crippen molar-refractivity contribution in [2.24, 2.45) is 0 Å². The first-order valence-corrected chi connectivity index (χ1v) is 10.7. The van der Waals surface area contributed by atoms with E-state index in [1.807, 2.05) is 0 Å². The van der Waals surface area contributed by atoms with Crippen LogP contribution in [0.1, 0.15) is 10.4 Å². The second-order valence-electron chi connectivity index (χ2n) is 6.72. The lowest BCUT2D eigenvalue weighted by Gasteiger charge is -2.19. The number of methoxy groups -OCH3 is 1. The Balaban J connectivity index is 1.73. The van der Waals surface area contributed by atoms with Crippen molar-refractivity contribution in [2.75, 3.05) is 27.4 Å². The summed E-state index contributed by atoms with van der Waals surface area (Å²) in [5, 5.41) is 17.7. The number of carboxylic acids is 1. The number of nitrogens with zero attached hydrogens (tertiary/aromatic N) is 1. The van der Waals surface area contributed by atoms with Gasteiger partial charge in [0.15, 0.2) is 0 Å². The van der Waals surface area contributed by atoms with Gasteiger partial charge in [0.2, 0.25) is 0 Å². The molecule has 3 aromatic carbocycles. The molecule has 3 aromatic rings. The number of rotatable bonds is 6. The quantitative estimate of drug-likeness (QED) is 0.247. The molecule has 12 heteroatoms. The molecule has 3 rings (SSSR count). The zero-order valence-electron chi connectivity index (χ0n) is 17.5. The van der Waals surface area contributed by atoms with E-state index in [9.17, 15) is 14.4 Å². The van der Waals surface area contributed by atoms with Gasteiger partial charge < -0.3 is 25.8 Å². The number of anilines is 4. The van der Waals surface area contributed by atoms with Gasteiger partial charge in [-0.2, -0.15) is 0 Å². The Morgan fingerprint density at radius 3 is 2.24 bits per heavy atom. The van der Waals surface area contributed by atoms with Crippen LogP contribution in [0.15, 0.2) is 60.7 Å². The lowest BCUT2D eigenvalue weighted by atomic mass is 10.2. The van der Waals surface area contributed by atoms with Gasteiger partial charge in [0, 0.05) is 11.4 Å². The van der Waals surface area contributed by atoms with Crippen molar-refractivity contribution in [1.29, 1.82) is 0 Å². The number of nitrogens with one attached hydrogen (secondary N) is 3. The number of carbonyl (C=O) groups is 3. The standard InChI is InChI=1S/C22H18Cl2N4O5S/c1-33-19-8-6-14(26-21(31)25-13-5-7-16(23)17(24)10-13)11-18(19)27-22(32)28(34)15-4-2-3-12(9-15)20(29)30/h2-11,34H,1H3,(H,27,32)(H,29,30)(H2,25,26,31). The van der Waals surface area contributed by atoms with E-state index in [0.29, 0.717) is 27.2 Å². The van der Waals surface area contributed by atoms with Crippen molar-refractivity contribution in [3.8, 4) is 5.75 Å². The van der Waals surface area contributed by atoms with Gasteiger partial charge in [0.05, 0.1) is 34.1 Å². The molecule has 4 amide bonds. The average Bonchev–Trinajstić information content (AvgIpc) is 2.81. The van der Waals surface area contributed by atoms with Crippen LogP contribution in [0.5, 0.6) is 5.75 Å². The molecule has 176 valence electrons. The molecule has 0 saturated heterocycles. The van der Waals surface area contributed by atoms with Crippen LogP contribution in [0.2, 0.25) is 10.0 Å². The molecule has 9 nitrogen and oxygen atoms in total. The number of urea groups is 2. The highest BCUT2D eigenvalue weighted by molar-refractivity contribution is 7.82. The summed E-state index contributed by atoms with van der Waals surface area (Å²) in [6.45, 7) is 0. The molecule has 0 fully saturated rings. The maximum absolute atomic E-state index is 12.7. The molecule has 0 atom stereocenters. The smallest absolute Gasteiger partial charge is 0.336 e. The predicted octanol–water partition coefficient (Wildman–Crippen LogP) is 6.23. The number of aromatic carboxylic acids is 1. The average molecular weight is 521 g/mol. The number of carbonyl (C=O) groups excluding carboxylic acids is 2. The van der Waals surface area contributed by atoms with Crippen molar-refractivity contribution in [1.82, 2.24) is 0 Å². The summed E-state index contributed by atoms with van der Waals surface area (Å²) in [6, 6.07) is 13.8. The van der Waals surface area contributed by atoms with E-state index in [4.69, 9.17) is 33.0 Å². The number of ether oxygens (including phenoxy) is 1. The SMILES string of the molecule is COc1ccc(NC(=O)Nc2ccc(Cl)c(Cl)c2)cc1NC(=O)N(S)c1cccc(C(=O)O)c1. The summed E-state index contributed by atoms with van der Waals surface area (Å²) < 4.78 is 6.22. The van der Waals surface area contributed by atoms with Crippen molar-refractivity contribution >= 4 is 76.8 Å². The van der Waals surface area contributed by atoms with Crippen LogP contribution in [0.3, 0.4) is 0 Å². The largest absolute Gasteiger partial charge is 0.495 e. The molecular weight excluding hydrogens is 503 g/mol. The summed E-state index contributed by atoms with van der Waals surface area (Å²) in [5.41, 5.74) is 1.28. The van der Waals surface area contributed by atoms with E-state index < -0.39 is 18.0 Å². The summed E-state index contributed by atoms with van der Waals surface area (Å²) in [6.07, 6.45) is 0. The zero-order valence-corrected chi connectivity index (χ0v) is 19.9. The predicted molar refractivity (Wildman–Crippen MR) is 136 cm³/mol. The van der Waals surface area contributed by atoms with Gasteiger partial charge in [-0.05, 0) is 54.6 Å². The first-order chi connectivity index (χ1) is 16.2. The van der Waals surface area contributed by atoms with E-state index >= 15 is 0 Å². The normalized spacial score (nSPS) is 10.2. The zero-order chi connectivity index (χ0) is 24.8. The fourth-order valence-corrected chi connectivity index (χ4v) is 3.28. The van der Waals surface area contributed by atoms with Crippen molar-refractivity contribution in [2.45, 2.75) is 0 Å². The number of thiol groups is 1. The molecular formula is C22H18Cl2N4O5S. The number of hydrogen-bond acceptors (Lipinski definition) is 5. The molecule has 0 saturated carbocycles. The fourth-order valence-electron chi connectivity index (χ4n) is 2.81. The van der Waals surface area contributed by atoms with Gasteiger partial charge in [-0.1, -0.05) is 42.1 Å². The minimum absolute atomic E-state index is 0.00103. The lowest BCUT2D eigenvalue weighted by molar-refractivity contribution is 0.0697. The molecule has 0 radical (unpaired) electrons. The third-order valence-corrected chi connectivity index (χ3v) is 5.56. The van der Waals surface area contributed by atoms with Crippen LogP contribution in [0.4, 0.5) is 32.3 Å². The Bertz CT molecular complexity index is 1260. The second-order valence-corrected chi connectivity index (χ2v) is 7.93. The molecule has 0 aliphatic carbocycles. The monoisotopic (exact) mass is 520 g/mol. The van der Waals surface area contributed by atoms with E-state index in [1.54, 1.807) is 24.3 Å². The molecule has 0 aliphatic rings. The topological polar surface area (TPSA) is 120 Å². The second kappa shape index (κ2) is 11.0. The lowest BCUT2D eigenvalue weighted by Crippen LogP contribution is -2.27. The van der Waals surface area contributed by atoms with E-state index in [-0.39, 0.29) is 16.9 Å². The molecule has 0 aromatic heterocycles. The number of benzene rings is 3. The van der Waals surface area contributed by atoms with Crippen LogP contribution < -0.4 is 25.0 Å². The number of amides is 4. The maximum Gasteiger partial charge on any atom is 0.336 e. The van der Waals surface area contributed by atoms with Crippen molar-refractivity contribution in [3.63, 3.8) is 0 Å². The van der Waals surface area contributed by atoms with Crippen molar-refractivity contribution < 1.29 is 24.2 Å². The van der Waals surface area contributed by atoms with Gasteiger partial charge in [0.25, 0.3) is 0 Å². The summed E-state index contributed by atoms with van der Waals surface area (Å²) in [7, 11) is 1.42. The molecule has 0 bridgehead atoms. The summed E-state index contributed by atoms with van der Waals surface area (Å²) >= 11 is 16.0. The van der Waals surface area contributed by atoms with Gasteiger partial charge in [-0.25, -0.2) is 18.7 Å². The Morgan fingerprint density at radius 1 is 0.912 bits per heavy atom. The molecule has 0 heterocycles. The Labute approximate surface area is 210 Å². The van der Waals surface area contributed by atoms with Gasteiger partial charge in [0.1, 0.15) is 5.75 Å². The summed E-state index contributed by atoms with van der Waals surface area (Å²) in [4.78, 5) is 36.2. The number of halogens is 2. The van der Waals surface area contributed by atoms with E-state index in [1.165, 1.54) is 43.5 Å². The van der Waals surface area contributed by atoms with Crippen LogP contribution in [0.25, 0.3) is 0 Å². The molecule has 0 spiro atoms. The van der Waals surface area contributed by atoms with E-state index in [2.05, 4.69) is 28.8 Å². The van der Waals surface area contributed by atoms with Gasteiger partial charge in [-0.3, -0.25) is 0 Å². The minimum atomic E-state index is -1.14. The highest BCUT2D eigenvalue weighted by atomic mass is 35.5. The Hall–Kier alpha value is -3.60. The van der Waals surface area contributed by atoms with Crippen LogP contribution in [0, 0.1) is 0 Å². The fraction of sp³-hybridized carbons (Fsp3) is 0.0455. The minimum Gasteiger partial charge on any atom is -0.495 e. The van der Waals surface area contributed by atoms with Crippen LogP contribution in [-0.2, 0) is 0 Å². The first kappa shape index (κ1) is 25.0. The van der Waals surface area contributed by atoms with Crippen LogP contribution >= 0.6 is 36.0 Å². The first-order valence-electron chi connectivity index (χ1n) is 9.52. The molecule has 0 unspecified atom stereocenters. The Morgan fingerprint density at radius 2 is 1.59 bits per heavy atom. The molecule has 0 aliphatic heterocycles. The highest BCUT2D eigenvalue weighted by Gasteiger charge is 2.17. The Kier molecular flexibility index (Phi) is 8.11. The summed E-state index contributed by atoms with van der Waals surface area (Å²) in [5.74, 6) is -0.812. The van der Waals surface area contributed by atoms with Gasteiger partial charge in [-0.15, -0.1) is 0 Å². The van der Waals surface area contributed by atoms with Crippen LogP contribution in [-0.4, -0.2) is 30.2 Å².